The van der Waals surface area contributed by atoms with E-state index in [1.54, 1.807) is 18.2 Å². The van der Waals surface area contributed by atoms with Crippen molar-refractivity contribution in [3.05, 3.63) is 28.2 Å². The molecule has 1 saturated heterocycles. The minimum absolute atomic E-state index is 0.185. The predicted octanol–water partition coefficient (Wildman–Crippen LogP) is 2.23. The number of benzene rings is 1. The summed E-state index contributed by atoms with van der Waals surface area (Å²) in [6.07, 6.45) is 1.55. The lowest BCUT2D eigenvalue weighted by molar-refractivity contribution is 0.0198. The molecule has 0 aromatic heterocycles. The third kappa shape index (κ3) is 3.99. The highest BCUT2D eigenvalue weighted by Gasteiger charge is 2.29. The Kier molecular flexibility index (Phi) is 5.10. The van der Waals surface area contributed by atoms with E-state index in [0.29, 0.717) is 28.7 Å². The van der Waals surface area contributed by atoms with E-state index in [4.69, 9.17) is 23.2 Å². The minimum atomic E-state index is -0.895. The van der Waals surface area contributed by atoms with Gasteiger partial charge in [-0.15, -0.1) is 0 Å². The number of nitrogens with one attached hydrogen (secondary N) is 3. The first-order valence-corrected chi connectivity index (χ1v) is 7.18. The Hall–Kier alpha value is -1.01. The monoisotopic (exact) mass is 317 g/mol. The average molecular weight is 318 g/mol. The highest BCUT2D eigenvalue weighted by molar-refractivity contribution is 6.43. The topological polar surface area (TPSA) is 73.4 Å². The van der Waals surface area contributed by atoms with Crippen LogP contribution in [0.25, 0.3) is 0 Å². The molecule has 0 saturated carbocycles. The van der Waals surface area contributed by atoms with Crippen LogP contribution < -0.4 is 16.0 Å². The molecule has 1 atom stereocenters. The number of hydrogen-bond acceptors (Lipinski definition) is 3. The molecule has 2 amide bonds. The van der Waals surface area contributed by atoms with Crippen LogP contribution in [-0.4, -0.2) is 36.4 Å². The maximum absolute atomic E-state index is 11.8. The van der Waals surface area contributed by atoms with Crippen molar-refractivity contribution in [2.45, 2.75) is 18.4 Å². The summed E-state index contributed by atoms with van der Waals surface area (Å²) in [7, 11) is 0. The summed E-state index contributed by atoms with van der Waals surface area (Å²) in [5, 5.41) is 19.3. The van der Waals surface area contributed by atoms with Crippen LogP contribution in [0.4, 0.5) is 10.5 Å². The molecule has 2 rings (SSSR count). The number of hydrogen-bond donors (Lipinski definition) is 4. The molecule has 0 bridgehead atoms. The van der Waals surface area contributed by atoms with E-state index in [1.807, 2.05) is 0 Å². The molecule has 5 nitrogen and oxygen atoms in total. The maximum atomic E-state index is 11.8. The molecule has 7 heteroatoms. The number of halogens is 2. The molecule has 1 aromatic rings. The first kappa shape index (κ1) is 15.4. The van der Waals surface area contributed by atoms with Gasteiger partial charge in [-0.2, -0.15) is 0 Å². The van der Waals surface area contributed by atoms with Gasteiger partial charge >= 0.3 is 6.03 Å². The van der Waals surface area contributed by atoms with Gasteiger partial charge in [0.2, 0.25) is 0 Å². The molecule has 1 aromatic carbocycles. The third-order valence-corrected chi connectivity index (χ3v) is 4.05. The summed E-state index contributed by atoms with van der Waals surface area (Å²) in [6.45, 7) is 1.56. The number of urea groups is 1. The molecule has 0 unspecified atom stereocenters. The summed E-state index contributed by atoms with van der Waals surface area (Å²) in [6, 6.07) is 4.57. The number of piperidine rings is 1. The summed E-state index contributed by atoms with van der Waals surface area (Å²) in [5.41, 5.74) is -0.460. The summed E-state index contributed by atoms with van der Waals surface area (Å²) in [4.78, 5) is 11.8. The van der Waals surface area contributed by atoms with Crippen molar-refractivity contribution < 1.29 is 9.90 Å². The number of amides is 2. The molecule has 0 aliphatic carbocycles. The second kappa shape index (κ2) is 6.63. The van der Waals surface area contributed by atoms with Gasteiger partial charge in [0.15, 0.2) is 0 Å². The van der Waals surface area contributed by atoms with Gasteiger partial charge in [-0.1, -0.05) is 29.3 Å². The number of aliphatic hydroxyl groups is 1. The van der Waals surface area contributed by atoms with E-state index < -0.39 is 11.6 Å². The van der Waals surface area contributed by atoms with E-state index in [0.717, 1.165) is 13.0 Å². The number of carbonyl (C=O) groups is 1. The smallest absolute Gasteiger partial charge is 0.319 e. The lowest BCUT2D eigenvalue weighted by Crippen LogP contribution is -2.53. The van der Waals surface area contributed by atoms with Gasteiger partial charge in [0.05, 0.1) is 21.3 Å². The van der Waals surface area contributed by atoms with E-state index in [-0.39, 0.29) is 6.54 Å². The fraction of sp³-hybridized carbons (Fsp3) is 0.462. The van der Waals surface area contributed by atoms with Crippen LogP contribution in [0, 0.1) is 0 Å². The molecule has 1 aliphatic rings. The van der Waals surface area contributed by atoms with E-state index >= 15 is 0 Å². The van der Waals surface area contributed by atoms with Crippen LogP contribution >= 0.6 is 23.2 Å². The molecule has 0 spiro atoms. The molecule has 0 radical (unpaired) electrons. The Bertz CT molecular complexity index is 491. The van der Waals surface area contributed by atoms with Crippen molar-refractivity contribution in [1.29, 1.82) is 0 Å². The summed E-state index contributed by atoms with van der Waals surface area (Å²) >= 11 is 11.8. The first-order valence-electron chi connectivity index (χ1n) is 6.42. The Morgan fingerprint density at radius 2 is 2.25 bits per heavy atom. The van der Waals surface area contributed by atoms with Crippen molar-refractivity contribution >= 4 is 34.9 Å². The van der Waals surface area contributed by atoms with Crippen molar-refractivity contribution in [2.24, 2.45) is 0 Å². The average Bonchev–Trinajstić information content (AvgIpc) is 2.43. The molecular formula is C13H17Cl2N3O2. The number of β-amino-alcohol motifs (C(OH)–C–C–N with tert-alkyl or cyclic N) is 1. The van der Waals surface area contributed by atoms with E-state index in [1.165, 1.54) is 0 Å². The zero-order valence-electron chi connectivity index (χ0n) is 10.9. The van der Waals surface area contributed by atoms with Gasteiger partial charge < -0.3 is 21.1 Å². The van der Waals surface area contributed by atoms with Crippen molar-refractivity contribution in [3.63, 3.8) is 0 Å². The third-order valence-electron chi connectivity index (χ3n) is 3.23. The quantitative estimate of drug-likeness (QED) is 0.690. The van der Waals surface area contributed by atoms with Gasteiger partial charge in [0.1, 0.15) is 0 Å². The zero-order valence-corrected chi connectivity index (χ0v) is 12.4. The van der Waals surface area contributed by atoms with Crippen LogP contribution in [0.5, 0.6) is 0 Å². The number of anilines is 1. The van der Waals surface area contributed by atoms with Crippen LogP contribution in [-0.2, 0) is 0 Å². The lowest BCUT2D eigenvalue weighted by Gasteiger charge is -2.32. The highest BCUT2D eigenvalue weighted by Crippen LogP contribution is 2.29. The Morgan fingerprint density at radius 3 is 2.95 bits per heavy atom. The Labute approximate surface area is 127 Å². The molecule has 1 heterocycles. The van der Waals surface area contributed by atoms with Crippen LogP contribution in [0.3, 0.4) is 0 Å². The van der Waals surface area contributed by atoms with Crippen molar-refractivity contribution in [2.75, 3.05) is 25.0 Å². The second-order valence-corrected chi connectivity index (χ2v) is 5.70. The van der Waals surface area contributed by atoms with Gasteiger partial charge in [-0.3, -0.25) is 0 Å². The second-order valence-electron chi connectivity index (χ2n) is 4.91. The van der Waals surface area contributed by atoms with Gasteiger partial charge in [0, 0.05) is 13.1 Å². The fourth-order valence-corrected chi connectivity index (χ4v) is 2.46. The van der Waals surface area contributed by atoms with Gasteiger partial charge in [-0.25, -0.2) is 4.79 Å². The first-order chi connectivity index (χ1) is 9.50. The SMILES string of the molecule is O=C(NC[C@@]1(O)CCCNC1)Nc1cccc(Cl)c1Cl. The van der Waals surface area contributed by atoms with Crippen LogP contribution in [0.15, 0.2) is 18.2 Å². The minimum Gasteiger partial charge on any atom is -0.387 e. The number of carbonyl (C=O) groups excluding carboxylic acids is 1. The Morgan fingerprint density at radius 1 is 1.45 bits per heavy atom. The van der Waals surface area contributed by atoms with Crippen LogP contribution in [0.2, 0.25) is 10.0 Å². The molecule has 110 valence electrons. The van der Waals surface area contributed by atoms with Crippen LogP contribution in [0.1, 0.15) is 12.8 Å². The largest absolute Gasteiger partial charge is 0.387 e. The standard InChI is InChI=1S/C13H17Cl2N3O2/c14-9-3-1-4-10(11(9)15)18-12(19)17-8-13(20)5-2-6-16-7-13/h1,3-4,16,20H,2,5-8H2,(H2,17,18,19)/t13-/m1/s1. The lowest BCUT2D eigenvalue weighted by atomic mass is 9.94. The van der Waals surface area contributed by atoms with E-state index in [9.17, 15) is 9.90 Å². The summed E-state index contributed by atoms with van der Waals surface area (Å²) < 4.78 is 0. The normalized spacial score (nSPS) is 22.4. The van der Waals surface area contributed by atoms with Crippen molar-refractivity contribution in [1.82, 2.24) is 10.6 Å². The maximum Gasteiger partial charge on any atom is 0.319 e. The summed E-state index contributed by atoms with van der Waals surface area (Å²) in [5.74, 6) is 0. The molecule has 1 fully saturated rings. The van der Waals surface area contributed by atoms with Gasteiger partial charge in [0.25, 0.3) is 0 Å². The van der Waals surface area contributed by atoms with Crippen molar-refractivity contribution in [3.8, 4) is 0 Å². The highest BCUT2D eigenvalue weighted by atomic mass is 35.5. The molecular weight excluding hydrogens is 301 g/mol. The Balaban J connectivity index is 1.88. The molecule has 20 heavy (non-hydrogen) atoms. The van der Waals surface area contributed by atoms with E-state index in [2.05, 4.69) is 16.0 Å². The predicted molar refractivity (Wildman–Crippen MR) is 80.5 cm³/mol. The number of rotatable bonds is 3. The zero-order chi connectivity index (χ0) is 14.6. The van der Waals surface area contributed by atoms with Gasteiger partial charge in [-0.05, 0) is 31.5 Å². The fourth-order valence-electron chi connectivity index (χ4n) is 2.11. The molecule has 1 aliphatic heterocycles. The molecule has 4 N–H and O–H groups in total.